The quantitative estimate of drug-likeness (QED) is 0.312. The van der Waals surface area contributed by atoms with E-state index >= 15 is 0 Å². The second-order valence-corrected chi connectivity index (χ2v) is 19.2. The molecule has 3 atom stereocenters. The Hall–Kier alpha value is -0.216. The van der Waals surface area contributed by atoms with Crippen LogP contribution in [0.25, 0.3) is 0 Å². The number of methoxy groups -OCH3 is 1. The lowest BCUT2D eigenvalue weighted by molar-refractivity contribution is -0.130. The summed E-state index contributed by atoms with van der Waals surface area (Å²) >= 11 is 0. The van der Waals surface area contributed by atoms with E-state index in [-0.39, 0.29) is 35.6 Å². The zero-order chi connectivity index (χ0) is 22.2. The van der Waals surface area contributed by atoms with Crippen molar-refractivity contribution in [1.82, 2.24) is 5.32 Å². The first-order chi connectivity index (χ1) is 12.8. The normalized spacial score (nSPS) is 16.5. The third-order valence-electron chi connectivity index (χ3n) is 6.68. The maximum atomic E-state index is 12.7. The number of hydrogen-bond donors (Lipinski definition) is 1. The van der Waals surface area contributed by atoms with Gasteiger partial charge in [-0.15, -0.1) is 0 Å². The molecule has 0 bridgehead atoms. The van der Waals surface area contributed by atoms with Crippen LogP contribution in [0.3, 0.4) is 0 Å². The fraction of sp³-hybridized carbons (Fsp3) is 0.952. The average Bonchev–Trinajstić information content (AvgIpc) is 2.64. The first kappa shape index (κ1) is 27.8. The fourth-order valence-corrected chi connectivity index (χ4v) is 7.34. The van der Waals surface area contributed by atoms with Gasteiger partial charge in [0.1, 0.15) is 6.73 Å². The summed E-state index contributed by atoms with van der Waals surface area (Å²) in [6, 6.07) is 3.39. The van der Waals surface area contributed by atoms with E-state index in [1.165, 1.54) is 0 Å². The number of hydrogen-bond acceptors (Lipinski definition) is 4. The third kappa shape index (κ3) is 7.90. The van der Waals surface area contributed by atoms with Crippen LogP contribution in [0.15, 0.2) is 0 Å². The maximum Gasteiger partial charge on any atom is 0.227 e. The molecule has 0 saturated heterocycles. The van der Waals surface area contributed by atoms with Crippen molar-refractivity contribution in [2.45, 2.75) is 97.8 Å². The second-order valence-electron chi connectivity index (χ2n) is 9.64. The minimum atomic E-state index is -2.03. The SMILES string of the molecule is CC[Si](CC)(CC)OC[C@H](C)C(O[Si](C)(C)C(C)(C)C)C(C)C(=O)NCOC. The molecule has 0 aliphatic rings. The Balaban J connectivity index is 5.49. The van der Waals surface area contributed by atoms with E-state index in [9.17, 15) is 4.79 Å². The van der Waals surface area contributed by atoms with Gasteiger partial charge < -0.3 is 18.9 Å². The van der Waals surface area contributed by atoms with Gasteiger partial charge in [0.25, 0.3) is 0 Å². The fourth-order valence-electron chi connectivity index (χ4n) is 3.14. The molecule has 0 saturated carbocycles. The lowest BCUT2D eigenvalue weighted by atomic mass is 9.93. The predicted molar refractivity (Wildman–Crippen MR) is 124 cm³/mol. The van der Waals surface area contributed by atoms with Crippen molar-refractivity contribution in [1.29, 1.82) is 0 Å². The molecule has 0 heterocycles. The van der Waals surface area contributed by atoms with E-state index < -0.39 is 16.6 Å². The standard InChI is InChI=1S/C21H47NO4Si2/c1-12-28(13-2,14-3)25-15-17(4)19(18(5)20(23)22-16-24-9)26-27(10,11)21(6,7)8/h17-19H,12-16H2,1-11H3,(H,22,23)/t17-,18?,19?/m0/s1. The molecule has 0 aliphatic heterocycles. The molecular weight excluding hydrogens is 386 g/mol. The van der Waals surface area contributed by atoms with Crippen LogP contribution in [0.5, 0.6) is 0 Å². The lowest BCUT2D eigenvalue weighted by Crippen LogP contribution is -2.51. The van der Waals surface area contributed by atoms with Crippen LogP contribution in [0.1, 0.15) is 55.4 Å². The molecule has 7 heteroatoms. The number of nitrogens with one attached hydrogen (secondary N) is 1. The number of carbonyl (C=O) groups excluding carboxylic acids is 1. The van der Waals surface area contributed by atoms with E-state index in [0.717, 1.165) is 18.1 Å². The van der Waals surface area contributed by atoms with Crippen molar-refractivity contribution in [2.24, 2.45) is 11.8 Å². The molecule has 0 aromatic carbocycles. The van der Waals surface area contributed by atoms with Crippen LogP contribution in [-0.4, -0.2) is 49.1 Å². The lowest BCUT2D eigenvalue weighted by Gasteiger charge is -2.43. The Kier molecular flexibility index (Phi) is 11.7. The second kappa shape index (κ2) is 11.8. The largest absolute Gasteiger partial charge is 0.416 e. The smallest absolute Gasteiger partial charge is 0.227 e. The number of carbonyl (C=O) groups is 1. The number of amides is 1. The Labute approximate surface area is 176 Å². The summed E-state index contributed by atoms with van der Waals surface area (Å²) in [5, 5.41) is 2.93. The molecule has 168 valence electrons. The van der Waals surface area contributed by atoms with Gasteiger partial charge in [-0.2, -0.15) is 0 Å². The molecule has 0 aliphatic carbocycles. The van der Waals surface area contributed by atoms with Crippen LogP contribution in [0, 0.1) is 11.8 Å². The number of ether oxygens (including phenoxy) is 1. The van der Waals surface area contributed by atoms with Crippen LogP contribution in [0.2, 0.25) is 36.3 Å². The molecule has 0 aromatic rings. The zero-order valence-corrected chi connectivity index (χ0v) is 22.4. The highest BCUT2D eigenvalue weighted by molar-refractivity contribution is 6.74. The topological polar surface area (TPSA) is 56.8 Å². The van der Waals surface area contributed by atoms with Crippen molar-refractivity contribution in [2.75, 3.05) is 20.4 Å². The minimum Gasteiger partial charge on any atom is -0.416 e. The molecule has 0 radical (unpaired) electrons. The van der Waals surface area contributed by atoms with Crippen LogP contribution in [-0.2, 0) is 18.4 Å². The molecule has 1 N–H and O–H groups in total. The zero-order valence-electron chi connectivity index (χ0n) is 20.4. The summed E-state index contributed by atoms with van der Waals surface area (Å²) in [7, 11) is -2.12. The van der Waals surface area contributed by atoms with Gasteiger partial charge in [-0.25, -0.2) is 0 Å². The first-order valence-corrected chi connectivity index (χ1v) is 16.3. The molecule has 28 heavy (non-hydrogen) atoms. The van der Waals surface area contributed by atoms with E-state index in [1.807, 2.05) is 6.92 Å². The maximum absolute atomic E-state index is 12.7. The Morgan fingerprint density at radius 3 is 1.93 bits per heavy atom. The highest BCUT2D eigenvalue weighted by atomic mass is 28.4. The van der Waals surface area contributed by atoms with E-state index in [4.69, 9.17) is 13.6 Å². The molecule has 5 nitrogen and oxygen atoms in total. The van der Waals surface area contributed by atoms with Gasteiger partial charge in [0.15, 0.2) is 16.6 Å². The van der Waals surface area contributed by atoms with Gasteiger partial charge in [-0.05, 0) is 36.3 Å². The van der Waals surface area contributed by atoms with Crippen molar-refractivity contribution in [3.63, 3.8) is 0 Å². The highest BCUT2D eigenvalue weighted by Gasteiger charge is 2.43. The highest BCUT2D eigenvalue weighted by Crippen LogP contribution is 2.39. The number of rotatable bonds is 13. The molecule has 0 rings (SSSR count). The van der Waals surface area contributed by atoms with Crippen molar-refractivity contribution in [3.05, 3.63) is 0 Å². The summed E-state index contributed by atoms with van der Waals surface area (Å²) in [4.78, 5) is 12.7. The summed E-state index contributed by atoms with van der Waals surface area (Å²) in [5.74, 6) is -0.139. The summed E-state index contributed by atoms with van der Waals surface area (Å²) in [6.45, 7) is 22.9. The van der Waals surface area contributed by atoms with Crippen LogP contribution < -0.4 is 5.32 Å². The molecule has 2 unspecified atom stereocenters. The molecule has 0 spiro atoms. The third-order valence-corrected chi connectivity index (χ3v) is 15.8. The van der Waals surface area contributed by atoms with Crippen LogP contribution in [0.4, 0.5) is 0 Å². The van der Waals surface area contributed by atoms with Crippen molar-refractivity contribution >= 4 is 22.5 Å². The average molecular weight is 434 g/mol. The van der Waals surface area contributed by atoms with Gasteiger partial charge in [-0.3, -0.25) is 4.79 Å². The molecule has 0 fully saturated rings. The van der Waals surface area contributed by atoms with Gasteiger partial charge in [0, 0.05) is 19.6 Å². The predicted octanol–water partition coefficient (Wildman–Crippen LogP) is 5.39. The Morgan fingerprint density at radius 2 is 1.54 bits per heavy atom. The summed E-state index contributed by atoms with van der Waals surface area (Å²) in [5.41, 5.74) is 0. The van der Waals surface area contributed by atoms with Gasteiger partial charge in [0.2, 0.25) is 5.91 Å². The van der Waals surface area contributed by atoms with Crippen molar-refractivity contribution in [3.8, 4) is 0 Å². The summed E-state index contributed by atoms with van der Waals surface area (Å²) < 4.78 is 18.3. The molecular formula is C21H47NO4Si2. The van der Waals surface area contributed by atoms with Crippen molar-refractivity contribution < 1.29 is 18.4 Å². The Bertz CT molecular complexity index is 454. The minimum absolute atomic E-state index is 0.0256. The van der Waals surface area contributed by atoms with Gasteiger partial charge in [0.05, 0.1) is 12.0 Å². The van der Waals surface area contributed by atoms with E-state index in [0.29, 0.717) is 6.61 Å². The van der Waals surface area contributed by atoms with E-state index in [1.54, 1.807) is 7.11 Å². The summed E-state index contributed by atoms with van der Waals surface area (Å²) in [6.07, 6.45) is -0.171. The van der Waals surface area contributed by atoms with Crippen LogP contribution >= 0.6 is 0 Å². The van der Waals surface area contributed by atoms with Gasteiger partial charge in [-0.1, -0.05) is 55.4 Å². The molecule has 1 amide bonds. The Morgan fingerprint density at radius 1 is 1.04 bits per heavy atom. The molecule has 0 aromatic heterocycles. The van der Waals surface area contributed by atoms with Gasteiger partial charge >= 0.3 is 0 Å². The first-order valence-electron chi connectivity index (χ1n) is 10.9. The monoisotopic (exact) mass is 433 g/mol. The van der Waals surface area contributed by atoms with E-state index in [2.05, 4.69) is 66.9 Å².